The van der Waals surface area contributed by atoms with Gasteiger partial charge in [0.2, 0.25) is 0 Å². The fourth-order valence-electron chi connectivity index (χ4n) is 1.37. The molecular formula is C12H19NO2. The van der Waals surface area contributed by atoms with Crippen LogP contribution in [0.25, 0.3) is 0 Å². The van der Waals surface area contributed by atoms with Gasteiger partial charge in [-0.05, 0) is 19.4 Å². The SMILES string of the molecule is CC(N)(CO)C(C)(O)Cc1ccccc1. The molecule has 3 heteroatoms. The first-order chi connectivity index (χ1) is 6.89. The van der Waals surface area contributed by atoms with E-state index in [0.29, 0.717) is 6.42 Å². The predicted molar refractivity (Wildman–Crippen MR) is 60.4 cm³/mol. The monoisotopic (exact) mass is 209 g/mol. The number of rotatable bonds is 4. The third-order valence-electron chi connectivity index (χ3n) is 2.95. The number of hydrogen-bond donors (Lipinski definition) is 3. The highest BCUT2D eigenvalue weighted by atomic mass is 16.3. The molecule has 0 saturated carbocycles. The summed E-state index contributed by atoms with van der Waals surface area (Å²) in [6, 6.07) is 9.62. The van der Waals surface area contributed by atoms with E-state index >= 15 is 0 Å². The van der Waals surface area contributed by atoms with E-state index in [4.69, 9.17) is 10.8 Å². The molecule has 0 bridgehead atoms. The number of benzene rings is 1. The zero-order valence-corrected chi connectivity index (χ0v) is 9.27. The Labute approximate surface area is 90.5 Å². The highest BCUT2D eigenvalue weighted by Crippen LogP contribution is 2.23. The minimum absolute atomic E-state index is 0.243. The molecule has 0 saturated heterocycles. The van der Waals surface area contributed by atoms with Gasteiger partial charge in [0.1, 0.15) is 0 Å². The number of aliphatic hydroxyl groups excluding tert-OH is 1. The Bertz CT molecular complexity index is 307. The summed E-state index contributed by atoms with van der Waals surface area (Å²) in [5, 5.41) is 19.3. The maximum atomic E-state index is 10.2. The van der Waals surface area contributed by atoms with Crippen LogP contribution in [0.3, 0.4) is 0 Å². The molecule has 0 heterocycles. The van der Waals surface area contributed by atoms with Gasteiger partial charge < -0.3 is 15.9 Å². The second-order valence-electron chi connectivity index (χ2n) is 4.51. The molecule has 0 radical (unpaired) electrons. The average molecular weight is 209 g/mol. The molecule has 1 aromatic carbocycles. The van der Waals surface area contributed by atoms with Gasteiger partial charge in [0, 0.05) is 6.42 Å². The van der Waals surface area contributed by atoms with Gasteiger partial charge in [-0.1, -0.05) is 30.3 Å². The number of aliphatic hydroxyl groups is 2. The fraction of sp³-hybridized carbons (Fsp3) is 0.500. The summed E-state index contributed by atoms with van der Waals surface area (Å²) in [5.74, 6) is 0. The van der Waals surface area contributed by atoms with Crippen LogP contribution in [0.1, 0.15) is 19.4 Å². The van der Waals surface area contributed by atoms with Crippen molar-refractivity contribution < 1.29 is 10.2 Å². The van der Waals surface area contributed by atoms with Crippen molar-refractivity contribution in [2.75, 3.05) is 6.61 Å². The Hall–Kier alpha value is -0.900. The van der Waals surface area contributed by atoms with Crippen LogP contribution in [0.15, 0.2) is 30.3 Å². The molecule has 1 rings (SSSR count). The lowest BCUT2D eigenvalue weighted by Gasteiger charge is -2.38. The van der Waals surface area contributed by atoms with Crippen LogP contribution in [-0.4, -0.2) is 28.0 Å². The smallest absolute Gasteiger partial charge is 0.0858 e. The molecule has 2 atom stereocenters. The van der Waals surface area contributed by atoms with E-state index in [9.17, 15) is 5.11 Å². The first-order valence-corrected chi connectivity index (χ1v) is 5.05. The van der Waals surface area contributed by atoms with Crippen LogP contribution in [0, 0.1) is 0 Å². The average Bonchev–Trinajstić information content (AvgIpc) is 2.18. The second-order valence-corrected chi connectivity index (χ2v) is 4.51. The molecule has 0 fully saturated rings. The van der Waals surface area contributed by atoms with Crippen LogP contribution < -0.4 is 5.73 Å². The molecule has 15 heavy (non-hydrogen) atoms. The fourth-order valence-corrected chi connectivity index (χ4v) is 1.37. The maximum Gasteiger partial charge on any atom is 0.0858 e. The first-order valence-electron chi connectivity index (χ1n) is 5.05. The molecule has 0 spiro atoms. The molecule has 0 aliphatic rings. The zero-order chi connectivity index (χ0) is 11.5. The molecule has 0 aromatic heterocycles. The van der Waals surface area contributed by atoms with Gasteiger partial charge in [-0.15, -0.1) is 0 Å². The minimum Gasteiger partial charge on any atom is -0.394 e. The number of nitrogens with two attached hydrogens (primary N) is 1. The van der Waals surface area contributed by atoms with E-state index < -0.39 is 11.1 Å². The largest absolute Gasteiger partial charge is 0.394 e. The molecule has 2 unspecified atom stereocenters. The Balaban J connectivity index is 2.81. The summed E-state index contributed by atoms with van der Waals surface area (Å²) in [6.07, 6.45) is 0.432. The van der Waals surface area contributed by atoms with Gasteiger partial charge in [0.25, 0.3) is 0 Å². The van der Waals surface area contributed by atoms with Gasteiger partial charge >= 0.3 is 0 Å². The molecule has 1 aromatic rings. The summed E-state index contributed by atoms with van der Waals surface area (Å²) in [7, 11) is 0. The molecule has 4 N–H and O–H groups in total. The highest BCUT2D eigenvalue weighted by molar-refractivity contribution is 5.18. The molecule has 0 amide bonds. The van der Waals surface area contributed by atoms with Crippen molar-refractivity contribution in [1.29, 1.82) is 0 Å². The number of hydrogen-bond acceptors (Lipinski definition) is 3. The van der Waals surface area contributed by atoms with E-state index in [1.165, 1.54) is 0 Å². The summed E-state index contributed by atoms with van der Waals surface area (Å²) >= 11 is 0. The summed E-state index contributed by atoms with van der Waals surface area (Å²) in [4.78, 5) is 0. The van der Waals surface area contributed by atoms with Crippen LogP contribution in [-0.2, 0) is 6.42 Å². The quantitative estimate of drug-likeness (QED) is 0.683. The third kappa shape index (κ3) is 2.78. The molecule has 3 nitrogen and oxygen atoms in total. The first kappa shape index (κ1) is 12.2. The highest BCUT2D eigenvalue weighted by Gasteiger charge is 2.39. The third-order valence-corrected chi connectivity index (χ3v) is 2.95. The van der Waals surface area contributed by atoms with Gasteiger partial charge in [-0.3, -0.25) is 0 Å². The Kier molecular flexibility index (Phi) is 3.50. The maximum absolute atomic E-state index is 10.2. The van der Waals surface area contributed by atoms with E-state index in [0.717, 1.165) is 5.56 Å². The summed E-state index contributed by atoms with van der Waals surface area (Å²) < 4.78 is 0. The van der Waals surface area contributed by atoms with E-state index in [1.807, 2.05) is 30.3 Å². The van der Waals surface area contributed by atoms with Crippen LogP contribution in [0.4, 0.5) is 0 Å². The lowest BCUT2D eigenvalue weighted by atomic mass is 9.79. The van der Waals surface area contributed by atoms with Crippen molar-refractivity contribution in [3.8, 4) is 0 Å². The zero-order valence-electron chi connectivity index (χ0n) is 9.27. The topological polar surface area (TPSA) is 66.5 Å². The van der Waals surface area contributed by atoms with Crippen molar-refractivity contribution in [2.24, 2.45) is 5.73 Å². The van der Waals surface area contributed by atoms with Gasteiger partial charge in [-0.2, -0.15) is 0 Å². The van der Waals surface area contributed by atoms with E-state index in [2.05, 4.69) is 0 Å². The van der Waals surface area contributed by atoms with E-state index in [-0.39, 0.29) is 6.61 Å². The normalized spacial score (nSPS) is 19.3. The molecule has 0 aliphatic heterocycles. The van der Waals surface area contributed by atoms with Gasteiger partial charge in [0.15, 0.2) is 0 Å². The Morgan fingerprint density at radius 2 is 1.73 bits per heavy atom. The second kappa shape index (κ2) is 4.31. The lowest BCUT2D eigenvalue weighted by molar-refractivity contribution is -0.0346. The van der Waals surface area contributed by atoms with E-state index in [1.54, 1.807) is 13.8 Å². The summed E-state index contributed by atoms with van der Waals surface area (Å²) in [6.45, 7) is 3.05. The standard InChI is InChI=1S/C12H19NO2/c1-11(13,9-14)12(2,15)8-10-6-4-3-5-7-10/h3-7,14-15H,8-9,13H2,1-2H3. The Morgan fingerprint density at radius 1 is 1.20 bits per heavy atom. The molecule has 84 valence electrons. The van der Waals surface area contributed by atoms with Gasteiger partial charge in [-0.25, -0.2) is 0 Å². The minimum atomic E-state index is -1.12. The summed E-state index contributed by atoms with van der Waals surface area (Å²) in [5.41, 5.74) is 4.73. The van der Waals surface area contributed by atoms with Crippen molar-refractivity contribution in [3.05, 3.63) is 35.9 Å². The Morgan fingerprint density at radius 3 is 2.20 bits per heavy atom. The van der Waals surface area contributed by atoms with Crippen molar-refractivity contribution >= 4 is 0 Å². The lowest BCUT2D eigenvalue weighted by Crippen LogP contribution is -2.60. The van der Waals surface area contributed by atoms with Crippen LogP contribution in [0.2, 0.25) is 0 Å². The molecule has 0 aliphatic carbocycles. The van der Waals surface area contributed by atoms with Crippen molar-refractivity contribution in [2.45, 2.75) is 31.4 Å². The predicted octanol–water partition coefficient (Wildman–Crippen LogP) is 0.690. The van der Waals surface area contributed by atoms with Crippen molar-refractivity contribution in [1.82, 2.24) is 0 Å². The van der Waals surface area contributed by atoms with Crippen LogP contribution >= 0.6 is 0 Å². The van der Waals surface area contributed by atoms with Gasteiger partial charge in [0.05, 0.1) is 17.7 Å². The van der Waals surface area contributed by atoms with Crippen LogP contribution in [0.5, 0.6) is 0 Å². The van der Waals surface area contributed by atoms with Crippen molar-refractivity contribution in [3.63, 3.8) is 0 Å². The molecular weight excluding hydrogens is 190 g/mol.